The molecule has 0 radical (unpaired) electrons. The Morgan fingerprint density at radius 3 is 2.54 bits per heavy atom. The Kier molecular flexibility index (Phi) is 6.00. The van der Waals surface area contributed by atoms with Gasteiger partial charge in [0.1, 0.15) is 16.3 Å². The van der Waals surface area contributed by atoms with Crippen LogP contribution in [0.4, 0.5) is 9.39 Å². The van der Waals surface area contributed by atoms with Crippen molar-refractivity contribution >= 4 is 28.2 Å². The standard InChI is InChI=1S/C20H17FN2O4S/c1-3-27-20(25)17-15(12-4-7-14(26-2)8-5-12)11-28-19(17)23-18(24)13-6-9-16(21)22-10-13/h4-11H,3H2,1-2H3,(H,23,24). The number of hydrogen-bond acceptors (Lipinski definition) is 6. The fourth-order valence-electron chi connectivity index (χ4n) is 2.52. The number of aromatic nitrogens is 1. The lowest BCUT2D eigenvalue weighted by Crippen LogP contribution is -2.15. The highest BCUT2D eigenvalue weighted by atomic mass is 32.1. The van der Waals surface area contributed by atoms with E-state index in [2.05, 4.69) is 10.3 Å². The topological polar surface area (TPSA) is 77.5 Å². The maximum atomic E-state index is 13.0. The second-order valence-corrected chi connectivity index (χ2v) is 6.51. The van der Waals surface area contributed by atoms with Gasteiger partial charge in [-0.2, -0.15) is 4.39 Å². The van der Waals surface area contributed by atoms with Gasteiger partial charge in [-0.3, -0.25) is 4.79 Å². The molecular formula is C20H17FN2O4S. The molecule has 3 aromatic rings. The third kappa shape index (κ3) is 4.17. The number of hydrogen-bond donors (Lipinski definition) is 1. The number of carbonyl (C=O) groups is 2. The highest BCUT2D eigenvalue weighted by Gasteiger charge is 2.23. The third-order valence-corrected chi connectivity index (χ3v) is 4.78. The maximum absolute atomic E-state index is 13.0. The van der Waals surface area contributed by atoms with Crippen LogP contribution in [0.3, 0.4) is 0 Å². The summed E-state index contributed by atoms with van der Waals surface area (Å²) in [6, 6.07) is 9.62. The number of pyridine rings is 1. The Morgan fingerprint density at radius 2 is 1.93 bits per heavy atom. The van der Waals surface area contributed by atoms with Gasteiger partial charge in [0.05, 0.1) is 19.3 Å². The molecule has 0 aliphatic carbocycles. The van der Waals surface area contributed by atoms with Crippen LogP contribution in [0.25, 0.3) is 11.1 Å². The Labute approximate surface area is 164 Å². The van der Waals surface area contributed by atoms with Gasteiger partial charge in [0.2, 0.25) is 5.95 Å². The van der Waals surface area contributed by atoms with E-state index in [4.69, 9.17) is 9.47 Å². The van der Waals surface area contributed by atoms with Crippen LogP contribution in [0.1, 0.15) is 27.6 Å². The molecule has 0 fully saturated rings. The number of nitrogens with one attached hydrogen (secondary N) is 1. The summed E-state index contributed by atoms with van der Waals surface area (Å²) in [5.41, 5.74) is 1.86. The lowest BCUT2D eigenvalue weighted by atomic mass is 10.0. The van der Waals surface area contributed by atoms with Gasteiger partial charge < -0.3 is 14.8 Å². The van der Waals surface area contributed by atoms with Gasteiger partial charge in [-0.1, -0.05) is 12.1 Å². The van der Waals surface area contributed by atoms with E-state index in [1.165, 1.54) is 17.4 Å². The molecule has 1 aromatic carbocycles. The number of nitrogens with zero attached hydrogens (tertiary/aromatic N) is 1. The Bertz CT molecular complexity index is 984. The van der Waals surface area contributed by atoms with Gasteiger partial charge in [0.25, 0.3) is 5.91 Å². The molecule has 0 aliphatic rings. The molecule has 0 saturated carbocycles. The Morgan fingerprint density at radius 1 is 1.18 bits per heavy atom. The first-order chi connectivity index (χ1) is 13.5. The first kappa shape index (κ1) is 19.5. The molecule has 1 N–H and O–H groups in total. The summed E-state index contributed by atoms with van der Waals surface area (Å²) in [6.45, 7) is 1.91. The van der Waals surface area contributed by atoms with Crippen LogP contribution in [0.2, 0.25) is 0 Å². The summed E-state index contributed by atoms with van der Waals surface area (Å²) in [5, 5.41) is 4.81. The second kappa shape index (κ2) is 8.62. The van der Waals surface area contributed by atoms with Crippen molar-refractivity contribution in [1.82, 2.24) is 4.98 Å². The second-order valence-electron chi connectivity index (χ2n) is 5.63. The number of thiophene rings is 1. The molecule has 2 aromatic heterocycles. The minimum Gasteiger partial charge on any atom is -0.497 e. The van der Waals surface area contributed by atoms with Gasteiger partial charge in [0, 0.05) is 17.1 Å². The van der Waals surface area contributed by atoms with E-state index in [9.17, 15) is 14.0 Å². The number of benzene rings is 1. The molecule has 28 heavy (non-hydrogen) atoms. The van der Waals surface area contributed by atoms with E-state index in [-0.39, 0.29) is 17.7 Å². The van der Waals surface area contributed by atoms with Crippen molar-refractivity contribution in [2.75, 3.05) is 19.0 Å². The molecule has 0 spiro atoms. The normalized spacial score (nSPS) is 10.4. The van der Waals surface area contributed by atoms with Gasteiger partial charge in [-0.25, -0.2) is 9.78 Å². The Balaban J connectivity index is 1.96. The Hall–Kier alpha value is -3.26. The molecular weight excluding hydrogens is 383 g/mol. The highest BCUT2D eigenvalue weighted by molar-refractivity contribution is 7.15. The highest BCUT2D eigenvalue weighted by Crippen LogP contribution is 2.37. The van der Waals surface area contributed by atoms with Crippen molar-refractivity contribution < 1.29 is 23.5 Å². The third-order valence-electron chi connectivity index (χ3n) is 3.89. The molecule has 144 valence electrons. The first-order valence-corrected chi connectivity index (χ1v) is 9.27. The minimum absolute atomic E-state index is 0.176. The number of carbonyl (C=O) groups excluding carboxylic acids is 2. The first-order valence-electron chi connectivity index (χ1n) is 8.39. The number of ether oxygens (including phenoxy) is 2. The van der Waals surface area contributed by atoms with Gasteiger partial charge in [-0.05, 0) is 36.8 Å². The average molecular weight is 400 g/mol. The van der Waals surface area contributed by atoms with Crippen molar-refractivity contribution in [3.8, 4) is 16.9 Å². The van der Waals surface area contributed by atoms with Crippen LogP contribution in [-0.2, 0) is 4.74 Å². The molecule has 0 bridgehead atoms. The molecule has 0 aliphatic heterocycles. The smallest absolute Gasteiger partial charge is 0.341 e. The van der Waals surface area contributed by atoms with E-state index in [0.717, 1.165) is 17.8 Å². The van der Waals surface area contributed by atoms with Gasteiger partial charge in [-0.15, -0.1) is 11.3 Å². The number of rotatable bonds is 6. The number of methoxy groups -OCH3 is 1. The van der Waals surface area contributed by atoms with Crippen LogP contribution >= 0.6 is 11.3 Å². The summed E-state index contributed by atoms with van der Waals surface area (Å²) < 4.78 is 23.3. The molecule has 1 amide bonds. The zero-order valence-corrected chi connectivity index (χ0v) is 16.0. The lowest BCUT2D eigenvalue weighted by Gasteiger charge is -2.09. The van der Waals surface area contributed by atoms with Crippen molar-refractivity contribution in [2.45, 2.75) is 6.92 Å². The summed E-state index contributed by atoms with van der Waals surface area (Å²) in [5.74, 6) is -1.03. The zero-order chi connectivity index (χ0) is 20.1. The molecule has 2 heterocycles. The number of anilines is 1. The molecule has 8 heteroatoms. The number of halogens is 1. The largest absolute Gasteiger partial charge is 0.497 e. The van der Waals surface area contributed by atoms with Crippen LogP contribution in [-0.4, -0.2) is 30.6 Å². The predicted octanol–water partition coefficient (Wildman–Crippen LogP) is 4.39. The molecule has 3 rings (SSSR count). The van der Waals surface area contributed by atoms with E-state index < -0.39 is 17.8 Å². The summed E-state index contributed by atoms with van der Waals surface area (Å²) in [7, 11) is 1.57. The molecule has 6 nitrogen and oxygen atoms in total. The van der Waals surface area contributed by atoms with Crippen molar-refractivity contribution in [1.29, 1.82) is 0 Å². The fraction of sp³-hybridized carbons (Fsp3) is 0.150. The van der Waals surface area contributed by atoms with E-state index >= 15 is 0 Å². The van der Waals surface area contributed by atoms with Crippen LogP contribution in [0.5, 0.6) is 5.75 Å². The van der Waals surface area contributed by atoms with Crippen LogP contribution in [0.15, 0.2) is 48.0 Å². The van der Waals surface area contributed by atoms with Gasteiger partial charge in [0.15, 0.2) is 0 Å². The van der Waals surface area contributed by atoms with Gasteiger partial charge >= 0.3 is 5.97 Å². The molecule has 0 saturated heterocycles. The minimum atomic E-state index is -0.679. The quantitative estimate of drug-likeness (QED) is 0.491. The fourth-order valence-corrected chi connectivity index (χ4v) is 3.48. The number of esters is 1. The zero-order valence-electron chi connectivity index (χ0n) is 15.2. The van der Waals surface area contributed by atoms with Crippen molar-refractivity contribution in [3.05, 3.63) is 65.0 Å². The molecule has 0 atom stereocenters. The van der Waals surface area contributed by atoms with Crippen LogP contribution < -0.4 is 10.1 Å². The SMILES string of the molecule is CCOC(=O)c1c(-c2ccc(OC)cc2)csc1NC(=O)c1ccc(F)nc1. The lowest BCUT2D eigenvalue weighted by molar-refractivity contribution is 0.0529. The predicted molar refractivity (Wildman–Crippen MR) is 104 cm³/mol. The van der Waals surface area contributed by atoms with E-state index in [1.807, 2.05) is 12.1 Å². The van der Waals surface area contributed by atoms with E-state index in [0.29, 0.717) is 16.3 Å². The monoisotopic (exact) mass is 400 g/mol. The number of amides is 1. The van der Waals surface area contributed by atoms with Crippen molar-refractivity contribution in [3.63, 3.8) is 0 Å². The maximum Gasteiger partial charge on any atom is 0.341 e. The average Bonchev–Trinajstić information content (AvgIpc) is 3.12. The molecule has 0 unspecified atom stereocenters. The summed E-state index contributed by atoms with van der Waals surface area (Å²) >= 11 is 1.20. The summed E-state index contributed by atoms with van der Waals surface area (Å²) in [4.78, 5) is 28.5. The van der Waals surface area contributed by atoms with Crippen LogP contribution in [0, 0.1) is 5.95 Å². The summed E-state index contributed by atoms with van der Waals surface area (Å²) in [6.07, 6.45) is 1.13. The van der Waals surface area contributed by atoms with E-state index in [1.54, 1.807) is 31.5 Å². The van der Waals surface area contributed by atoms with Crippen molar-refractivity contribution in [2.24, 2.45) is 0 Å².